The molecule has 9 nitrogen and oxygen atoms in total. The van der Waals surface area contributed by atoms with E-state index in [1.807, 2.05) is 36.1 Å². The summed E-state index contributed by atoms with van der Waals surface area (Å²) >= 11 is 0. The average Bonchev–Trinajstić information content (AvgIpc) is 2.96. The minimum atomic E-state index is -3.36. The predicted molar refractivity (Wildman–Crippen MR) is 102 cm³/mol. The van der Waals surface area contributed by atoms with Gasteiger partial charge in [0.1, 0.15) is 0 Å². The van der Waals surface area contributed by atoms with Crippen LogP contribution in [0, 0.1) is 12.8 Å². The maximum Gasteiger partial charge on any atom is 0.290 e. The summed E-state index contributed by atoms with van der Waals surface area (Å²) in [6.45, 7) is 2.45. The molecule has 0 spiro atoms. The number of aromatic nitrogens is 2. The zero-order chi connectivity index (χ0) is 20.2. The molecule has 0 saturated carbocycles. The van der Waals surface area contributed by atoms with Crippen molar-refractivity contribution in [2.24, 2.45) is 5.92 Å². The summed E-state index contributed by atoms with van der Waals surface area (Å²) in [6.07, 6.45) is -0.707. The van der Waals surface area contributed by atoms with Gasteiger partial charge in [-0.05, 0) is 6.92 Å². The molecule has 1 saturated heterocycles. The van der Waals surface area contributed by atoms with Crippen LogP contribution >= 0.6 is 0 Å². The Labute approximate surface area is 158 Å². The number of fused-ring (bicyclic) bond motifs is 1. The van der Waals surface area contributed by atoms with Gasteiger partial charge in [-0.2, -0.15) is 5.10 Å². The van der Waals surface area contributed by atoms with Crippen molar-refractivity contribution in [3.8, 4) is 0 Å². The minimum absolute atomic E-state index is 0.0745. The molecule has 148 valence electrons. The Morgan fingerprint density at radius 1 is 1.22 bits per heavy atom. The van der Waals surface area contributed by atoms with Crippen LogP contribution in [0.2, 0.25) is 0 Å². The molecule has 0 aliphatic carbocycles. The summed E-state index contributed by atoms with van der Waals surface area (Å²) in [7, 11) is -0.344. The van der Waals surface area contributed by atoms with Crippen molar-refractivity contribution < 1.29 is 23.4 Å². The Morgan fingerprint density at radius 3 is 2.41 bits per heavy atom. The van der Waals surface area contributed by atoms with Gasteiger partial charge in [0, 0.05) is 43.9 Å². The molecule has 1 aliphatic rings. The zero-order valence-electron chi connectivity index (χ0n) is 15.5. The van der Waals surface area contributed by atoms with Crippen LogP contribution in [0.5, 0.6) is 0 Å². The van der Waals surface area contributed by atoms with E-state index in [1.165, 1.54) is 18.4 Å². The Bertz CT molecular complexity index is 903. The maximum absolute atomic E-state index is 12.1. The number of hydrogen-bond acceptors (Lipinski definition) is 7. The van der Waals surface area contributed by atoms with E-state index in [0.29, 0.717) is 18.9 Å². The van der Waals surface area contributed by atoms with Gasteiger partial charge in [-0.3, -0.25) is 4.79 Å². The fourth-order valence-electron chi connectivity index (χ4n) is 3.07. The van der Waals surface area contributed by atoms with Gasteiger partial charge in [-0.25, -0.2) is 12.7 Å². The number of aliphatic hydroxyl groups is 1. The van der Waals surface area contributed by atoms with E-state index < -0.39 is 16.1 Å². The largest absolute Gasteiger partial charge is 0.483 e. The Kier molecular flexibility index (Phi) is 6.68. The molecule has 1 aromatic heterocycles. The number of nitrogens with zero attached hydrogens (tertiary/aromatic N) is 4. The molecule has 0 bridgehead atoms. The van der Waals surface area contributed by atoms with Crippen molar-refractivity contribution in [2.75, 3.05) is 37.8 Å². The number of carboxylic acid groups (broad SMARTS) is 1. The first-order chi connectivity index (χ1) is 12.7. The van der Waals surface area contributed by atoms with E-state index in [1.54, 1.807) is 0 Å². The zero-order valence-corrected chi connectivity index (χ0v) is 16.3. The molecule has 0 radical (unpaired) electrons. The van der Waals surface area contributed by atoms with Crippen molar-refractivity contribution in [1.82, 2.24) is 14.5 Å². The van der Waals surface area contributed by atoms with Crippen LogP contribution < -0.4 is 4.90 Å². The molecule has 1 aliphatic heterocycles. The summed E-state index contributed by atoms with van der Waals surface area (Å²) in [6, 6.07) is 7.85. The summed E-state index contributed by atoms with van der Waals surface area (Å²) in [5.41, 5.74) is 0.848. The standard InChI is InChI=1S/C16H22N4O3S.CH2O2/c1-11-13-6-4-5-7-14(13)16(18-17-11)20-8-12(15(21)9-20)10-24(22,23)19(2)3;2-1-3/h4-7,12,15,21H,8-10H2,1-3H3;1H,(H,2,3)/t12-,15+;/m0./s1. The summed E-state index contributed by atoms with van der Waals surface area (Å²) in [5.74, 6) is 0.272. The van der Waals surface area contributed by atoms with E-state index in [0.717, 1.165) is 16.5 Å². The van der Waals surface area contributed by atoms with Crippen LogP contribution in [0.25, 0.3) is 10.8 Å². The fraction of sp³-hybridized carbons (Fsp3) is 0.471. The molecule has 2 aromatic rings. The molecule has 0 unspecified atom stereocenters. The van der Waals surface area contributed by atoms with E-state index >= 15 is 0 Å². The van der Waals surface area contributed by atoms with Gasteiger partial charge in [0.2, 0.25) is 10.0 Å². The number of rotatable bonds is 4. The van der Waals surface area contributed by atoms with Gasteiger partial charge in [0.15, 0.2) is 5.82 Å². The van der Waals surface area contributed by atoms with Gasteiger partial charge in [0.25, 0.3) is 6.47 Å². The molecule has 0 amide bonds. The van der Waals surface area contributed by atoms with Gasteiger partial charge in [-0.15, -0.1) is 5.10 Å². The first-order valence-corrected chi connectivity index (χ1v) is 9.95. The lowest BCUT2D eigenvalue weighted by atomic mass is 10.1. The highest BCUT2D eigenvalue weighted by Gasteiger charge is 2.36. The lowest BCUT2D eigenvalue weighted by Gasteiger charge is -2.19. The lowest BCUT2D eigenvalue weighted by Crippen LogP contribution is -2.33. The van der Waals surface area contributed by atoms with Crippen LogP contribution in [0.4, 0.5) is 5.82 Å². The Hall–Kier alpha value is -2.30. The monoisotopic (exact) mass is 396 g/mol. The number of anilines is 1. The normalized spacial score (nSPS) is 19.8. The Morgan fingerprint density at radius 2 is 1.81 bits per heavy atom. The SMILES string of the molecule is Cc1nnc(N2C[C@@H](CS(=O)(=O)N(C)C)[C@H](O)C2)c2ccccc12.O=CO. The van der Waals surface area contributed by atoms with E-state index in [2.05, 4.69) is 10.2 Å². The van der Waals surface area contributed by atoms with E-state index in [9.17, 15) is 13.5 Å². The molecular formula is C17H24N4O5S. The van der Waals surface area contributed by atoms with Gasteiger partial charge >= 0.3 is 0 Å². The third-order valence-electron chi connectivity index (χ3n) is 4.54. The number of sulfonamides is 1. The van der Waals surface area contributed by atoms with Crippen LogP contribution in [-0.2, 0) is 14.8 Å². The van der Waals surface area contributed by atoms with Crippen molar-refractivity contribution in [3.05, 3.63) is 30.0 Å². The molecule has 27 heavy (non-hydrogen) atoms. The minimum Gasteiger partial charge on any atom is -0.483 e. The predicted octanol–water partition coefficient (Wildman–Crippen LogP) is 0.328. The number of hydrogen-bond donors (Lipinski definition) is 2. The third-order valence-corrected chi connectivity index (χ3v) is 6.50. The lowest BCUT2D eigenvalue weighted by molar-refractivity contribution is -0.122. The molecule has 10 heteroatoms. The molecule has 3 rings (SSSR count). The summed E-state index contributed by atoms with van der Waals surface area (Å²) < 4.78 is 25.4. The number of aryl methyl sites for hydroxylation is 1. The van der Waals surface area contributed by atoms with E-state index in [4.69, 9.17) is 9.90 Å². The molecular weight excluding hydrogens is 372 g/mol. The molecule has 2 N–H and O–H groups in total. The maximum atomic E-state index is 12.1. The van der Waals surface area contributed by atoms with Crippen molar-refractivity contribution in [2.45, 2.75) is 13.0 Å². The Balaban J connectivity index is 0.000000817. The van der Waals surface area contributed by atoms with Crippen LogP contribution in [0.3, 0.4) is 0 Å². The van der Waals surface area contributed by atoms with Crippen molar-refractivity contribution >= 4 is 33.1 Å². The highest BCUT2D eigenvalue weighted by molar-refractivity contribution is 7.89. The smallest absolute Gasteiger partial charge is 0.290 e. The number of β-amino-alcohol motifs (C(OH)–C–C–N with tert-alkyl or cyclic N) is 1. The number of carbonyl (C=O) groups is 1. The summed E-state index contributed by atoms with van der Waals surface area (Å²) in [5, 5.41) is 27.7. The highest BCUT2D eigenvalue weighted by atomic mass is 32.2. The summed E-state index contributed by atoms with van der Waals surface area (Å²) in [4.78, 5) is 10.3. The van der Waals surface area contributed by atoms with Crippen molar-refractivity contribution in [1.29, 1.82) is 0 Å². The first kappa shape index (κ1) is 21.0. The second-order valence-corrected chi connectivity index (χ2v) is 8.78. The van der Waals surface area contributed by atoms with Crippen LogP contribution in [-0.4, -0.2) is 78.6 Å². The first-order valence-electron chi connectivity index (χ1n) is 8.34. The second-order valence-electron chi connectivity index (χ2n) is 6.55. The van der Waals surface area contributed by atoms with Crippen LogP contribution in [0.1, 0.15) is 5.69 Å². The topological polar surface area (TPSA) is 124 Å². The average molecular weight is 396 g/mol. The molecule has 2 atom stereocenters. The van der Waals surface area contributed by atoms with Crippen LogP contribution in [0.15, 0.2) is 24.3 Å². The number of aliphatic hydroxyl groups excluding tert-OH is 1. The van der Waals surface area contributed by atoms with Crippen molar-refractivity contribution in [3.63, 3.8) is 0 Å². The molecule has 2 heterocycles. The van der Waals surface area contributed by atoms with Gasteiger partial charge < -0.3 is 15.1 Å². The van der Waals surface area contributed by atoms with E-state index in [-0.39, 0.29) is 18.1 Å². The highest BCUT2D eigenvalue weighted by Crippen LogP contribution is 2.30. The van der Waals surface area contributed by atoms with Gasteiger partial charge in [-0.1, -0.05) is 24.3 Å². The number of benzene rings is 1. The van der Waals surface area contributed by atoms with Gasteiger partial charge in [0.05, 0.1) is 17.6 Å². The molecule has 1 fully saturated rings. The molecule has 1 aromatic carbocycles. The second kappa shape index (κ2) is 8.59. The third kappa shape index (κ3) is 4.71. The fourth-order valence-corrected chi connectivity index (χ4v) is 4.23. The quantitative estimate of drug-likeness (QED) is 0.709.